The molecule has 116 valence electrons. The smallest absolute Gasteiger partial charge is 0.179 e. The van der Waals surface area contributed by atoms with Gasteiger partial charge in [-0.15, -0.1) is 0 Å². The Bertz CT molecular complexity index is 507. The molecule has 5 heteroatoms. The summed E-state index contributed by atoms with van der Waals surface area (Å²) in [6, 6.07) is 4.41. The molecule has 1 aromatic rings. The van der Waals surface area contributed by atoms with Gasteiger partial charge >= 0.3 is 0 Å². The number of halogens is 1. The maximum Gasteiger partial charge on any atom is 0.179 e. The van der Waals surface area contributed by atoms with Crippen LogP contribution < -0.4 is 15.2 Å². The Morgan fingerprint density at radius 3 is 2.95 bits per heavy atom. The minimum Gasteiger partial charge on any atom is -0.486 e. The van der Waals surface area contributed by atoms with Crippen LogP contribution in [0.2, 0.25) is 5.02 Å². The SMILES string of the molecule is CCCN1CCCC(N)C1c1cc(Cl)c2c(c1)OCCO2. The van der Waals surface area contributed by atoms with E-state index in [2.05, 4.69) is 17.9 Å². The zero-order chi connectivity index (χ0) is 14.8. The molecule has 2 atom stereocenters. The van der Waals surface area contributed by atoms with Crippen molar-refractivity contribution in [3.63, 3.8) is 0 Å². The second-order valence-electron chi connectivity index (χ2n) is 5.81. The van der Waals surface area contributed by atoms with Gasteiger partial charge in [-0.1, -0.05) is 18.5 Å². The number of hydrogen-bond donors (Lipinski definition) is 1. The molecule has 0 saturated carbocycles. The molecule has 2 N–H and O–H groups in total. The van der Waals surface area contributed by atoms with Gasteiger partial charge in [0.2, 0.25) is 0 Å². The van der Waals surface area contributed by atoms with Gasteiger partial charge < -0.3 is 15.2 Å². The standard InChI is InChI=1S/C16H23ClN2O2/c1-2-5-19-6-3-4-13(18)15(19)11-9-12(17)16-14(10-11)20-7-8-21-16/h9-10,13,15H,2-8,18H2,1H3. The molecular weight excluding hydrogens is 288 g/mol. The molecule has 3 rings (SSSR count). The minimum absolute atomic E-state index is 0.143. The zero-order valence-electron chi connectivity index (χ0n) is 12.5. The minimum atomic E-state index is 0.143. The fourth-order valence-corrected chi connectivity index (χ4v) is 3.67. The summed E-state index contributed by atoms with van der Waals surface area (Å²) in [5, 5.41) is 0.622. The monoisotopic (exact) mass is 310 g/mol. The summed E-state index contributed by atoms with van der Waals surface area (Å²) in [6.45, 7) is 5.48. The van der Waals surface area contributed by atoms with Crippen molar-refractivity contribution in [3.05, 3.63) is 22.7 Å². The van der Waals surface area contributed by atoms with Crippen LogP contribution in [-0.4, -0.2) is 37.2 Å². The molecule has 2 heterocycles. The molecular formula is C16H23ClN2O2. The number of nitrogens with two attached hydrogens (primary N) is 1. The van der Waals surface area contributed by atoms with Crippen molar-refractivity contribution in [1.29, 1.82) is 0 Å². The summed E-state index contributed by atoms with van der Waals surface area (Å²) in [5.74, 6) is 1.41. The lowest BCUT2D eigenvalue weighted by Crippen LogP contribution is -2.46. The average Bonchev–Trinajstić information content (AvgIpc) is 2.48. The van der Waals surface area contributed by atoms with Crippen molar-refractivity contribution in [2.75, 3.05) is 26.3 Å². The predicted molar refractivity (Wildman–Crippen MR) is 84.3 cm³/mol. The van der Waals surface area contributed by atoms with Gasteiger partial charge in [-0.3, -0.25) is 4.90 Å². The number of fused-ring (bicyclic) bond motifs is 1. The Morgan fingerprint density at radius 2 is 2.14 bits per heavy atom. The Balaban J connectivity index is 1.95. The Kier molecular flexibility index (Phi) is 4.57. The second-order valence-corrected chi connectivity index (χ2v) is 6.22. The second kappa shape index (κ2) is 6.42. The summed E-state index contributed by atoms with van der Waals surface area (Å²) in [5.41, 5.74) is 7.54. The summed E-state index contributed by atoms with van der Waals surface area (Å²) < 4.78 is 11.3. The maximum absolute atomic E-state index is 6.40. The molecule has 1 aromatic carbocycles. The number of likely N-dealkylation sites (tertiary alicyclic amines) is 1. The number of hydrogen-bond acceptors (Lipinski definition) is 4. The van der Waals surface area contributed by atoms with E-state index in [0.717, 1.165) is 43.7 Å². The fourth-order valence-electron chi connectivity index (χ4n) is 3.40. The van der Waals surface area contributed by atoms with Crippen LogP contribution in [-0.2, 0) is 0 Å². The van der Waals surface area contributed by atoms with Crippen LogP contribution in [0.1, 0.15) is 37.8 Å². The largest absolute Gasteiger partial charge is 0.486 e. The average molecular weight is 311 g/mol. The van der Waals surface area contributed by atoms with Gasteiger partial charge in [-0.25, -0.2) is 0 Å². The third kappa shape index (κ3) is 2.98. The zero-order valence-corrected chi connectivity index (χ0v) is 13.2. The first-order valence-corrected chi connectivity index (χ1v) is 8.17. The van der Waals surface area contributed by atoms with E-state index in [0.29, 0.717) is 24.0 Å². The number of benzene rings is 1. The van der Waals surface area contributed by atoms with E-state index in [-0.39, 0.29) is 12.1 Å². The lowest BCUT2D eigenvalue weighted by Gasteiger charge is -2.40. The summed E-state index contributed by atoms with van der Waals surface area (Å²) in [6.07, 6.45) is 3.34. The van der Waals surface area contributed by atoms with Crippen molar-refractivity contribution in [1.82, 2.24) is 4.90 Å². The van der Waals surface area contributed by atoms with E-state index >= 15 is 0 Å². The van der Waals surface area contributed by atoms with Crippen LogP contribution in [0.3, 0.4) is 0 Å². The van der Waals surface area contributed by atoms with E-state index in [1.165, 1.54) is 0 Å². The van der Waals surface area contributed by atoms with Crippen LogP contribution in [0, 0.1) is 0 Å². The molecule has 0 bridgehead atoms. The normalized spacial score (nSPS) is 25.9. The quantitative estimate of drug-likeness (QED) is 0.932. The van der Waals surface area contributed by atoms with E-state index in [9.17, 15) is 0 Å². The molecule has 2 aliphatic heterocycles. The van der Waals surface area contributed by atoms with Gasteiger partial charge in [0, 0.05) is 6.04 Å². The molecule has 2 unspecified atom stereocenters. The first-order valence-electron chi connectivity index (χ1n) is 7.79. The first-order chi connectivity index (χ1) is 10.2. The van der Waals surface area contributed by atoms with Gasteiger partial charge in [0.15, 0.2) is 11.5 Å². The summed E-state index contributed by atoms with van der Waals surface area (Å²) in [4.78, 5) is 2.47. The van der Waals surface area contributed by atoms with Crippen molar-refractivity contribution >= 4 is 11.6 Å². The number of piperidine rings is 1. The van der Waals surface area contributed by atoms with E-state index < -0.39 is 0 Å². The van der Waals surface area contributed by atoms with Crippen LogP contribution in [0.5, 0.6) is 11.5 Å². The molecule has 4 nitrogen and oxygen atoms in total. The van der Waals surface area contributed by atoms with E-state index in [1.54, 1.807) is 0 Å². The molecule has 1 saturated heterocycles. The van der Waals surface area contributed by atoms with E-state index in [4.69, 9.17) is 26.8 Å². The topological polar surface area (TPSA) is 47.7 Å². The van der Waals surface area contributed by atoms with Gasteiger partial charge in [0.1, 0.15) is 13.2 Å². The highest BCUT2D eigenvalue weighted by Crippen LogP contribution is 2.42. The highest BCUT2D eigenvalue weighted by Gasteiger charge is 2.31. The number of nitrogens with zero attached hydrogens (tertiary/aromatic N) is 1. The molecule has 21 heavy (non-hydrogen) atoms. The lowest BCUT2D eigenvalue weighted by atomic mass is 9.90. The Hall–Kier alpha value is -0.970. The molecule has 0 spiro atoms. The van der Waals surface area contributed by atoms with Crippen LogP contribution in [0.4, 0.5) is 0 Å². The van der Waals surface area contributed by atoms with Crippen LogP contribution >= 0.6 is 11.6 Å². The third-order valence-corrected chi connectivity index (χ3v) is 4.53. The molecule has 2 aliphatic rings. The third-order valence-electron chi connectivity index (χ3n) is 4.25. The van der Waals surface area contributed by atoms with Crippen molar-refractivity contribution < 1.29 is 9.47 Å². The summed E-state index contributed by atoms with van der Waals surface area (Å²) >= 11 is 6.37. The highest BCUT2D eigenvalue weighted by molar-refractivity contribution is 6.32. The van der Waals surface area contributed by atoms with Crippen molar-refractivity contribution in [2.45, 2.75) is 38.3 Å². The van der Waals surface area contributed by atoms with Gasteiger partial charge in [-0.2, -0.15) is 0 Å². The number of rotatable bonds is 3. The Labute approximate surface area is 131 Å². The molecule has 0 radical (unpaired) electrons. The Morgan fingerprint density at radius 1 is 1.33 bits per heavy atom. The van der Waals surface area contributed by atoms with Crippen molar-refractivity contribution in [3.8, 4) is 11.5 Å². The molecule has 1 fully saturated rings. The van der Waals surface area contributed by atoms with Crippen LogP contribution in [0.15, 0.2) is 12.1 Å². The molecule has 0 aliphatic carbocycles. The van der Waals surface area contributed by atoms with Gasteiger partial charge in [-0.05, 0) is 50.0 Å². The predicted octanol–water partition coefficient (Wildman–Crippen LogP) is 2.99. The lowest BCUT2D eigenvalue weighted by molar-refractivity contribution is 0.127. The summed E-state index contributed by atoms with van der Waals surface area (Å²) in [7, 11) is 0. The number of ether oxygens (including phenoxy) is 2. The maximum atomic E-state index is 6.40. The van der Waals surface area contributed by atoms with Crippen molar-refractivity contribution in [2.24, 2.45) is 5.73 Å². The highest BCUT2D eigenvalue weighted by atomic mass is 35.5. The van der Waals surface area contributed by atoms with Crippen LogP contribution in [0.25, 0.3) is 0 Å². The molecule has 0 aromatic heterocycles. The fraction of sp³-hybridized carbons (Fsp3) is 0.625. The molecule has 0 amide bonds. The van der Waals surface area contributed by atoms with Gasteiger partial charge in [0.05, 0.1) is 11.1 Å². The van der Waals surface area contributed by atoms with Gasteiger partial charge in [0.25, 0.3) is 0 Å². The first kappa shape index (κ1) is 14.9. The van der Waals surface area contributed by atoms with E-state index in [1.807, 2.05) is 6.07 Å².